The normalized spacial score (nSPS) is 10.7. The number of benzene rings is 2. The van der Waals surface area contributed by atoms with Crippen LogP contribution in [0.5, 0.6) is 5.75 Å². The predicted molar refractivity (Wildman–Crippen MR) is 80.4 cm³/mol. The van der Waals surface area contributed by atoms with Crippen molar-refractivity contribution in [3.8, 4) is 5.75 Å². The van der Waals surface area contributed by atoms with Gasteiger partial charge in [-0.2, -0.15) is 5.10 Å². The van der Waals surface area contributed by atoms with Crippen LogP contribution in [-0.4, -0.2) is 13.3 Å². The monoisotopic (exact) mass is 274 g/mol. The van der Waals surface area contributed by atoms with E-state index in [2.05, 4.69) is 10.5 Å². The maximum atomic E-state index is 6.04. The Morgan fingerprint density at radius 1 is 1.21 bits per heavy atom. The molecule has 0 saturated carbocycles. The van der Waals surface area contributed by atoms with Crippen molar-refractivity contribution < 1.29 is 4.74 Å². The van der Waals surface area contributed by atoms with Gasteiger partial charge in [0.2, 0.25) is 0 Å². The SMILES string of the molecule is COc1cccc(/C=N\Nc2ccc(C)c(Cl)c2)c1. The molecular weight excluding hydrogens is 260 g/mol. The van der Waals surface area contributed by atoms with E-state index < -0.39 is 0 Å². The number of hydrogen-bond acceptors (Lipinski definition) is 3. The Hall–Kier alpha value is -2.00. The van der Waals surface area contributed by atoms with Crippen LogP contribution in [0.25, 0.3) is 0 Å². The molecule has 2 aromatic rings. The third-order valence-corrected chi connectivity index (χ3v) is 3.08. The van der Waals surface area contributed by atoms with Gasteiger partial charge in [0, 0.05) is 5.02 Å². The number of halogens is 1. The zero-order valence-corrected chi connectivity index (χ0v) is 11.6. The second-order valence-corrected chi connectivity index (χ2v) is 4.52. The smallest absolute Gasteiger partial charge is 0.119 e. The fourth-order valence-corrected chi connectivity index (χ4v) is 1.75. The molecule has 0 heterocycles. The molecule has 4 heteroatoms. The summed E-state index contributed by atoms with van der Waals surface area (Å²) in [5.41, 5.74) is 5.81. The number of rotatable bonds is 4. The lowest BCUT2D eigenvalue weighted by Crippen LogP contribution is -1.91. The quantitative estimate of drug-likeness (QED) is 0.673. The molecule has 0 aliphatic rings. The molecule has 0 bridgehead atoms. The number of nitrogens with zero attached hydrogens (tertiary/aromatic N) is 1. The Bertz CT molecular complexity index is 596. The molecule has 0 saturated heterocycles. The zero-order valence-electron chi connectivity index (χ0n) is 10.9. The molecule has 0 aromatic heterocycles. The molecule has 0 amide bonds. The zero-order chi connectivity index (χ0) is 13.7. The van der Waals surface area contributed by atoms with Gasteiger partial charge in [0.25, 0.3) is 0 Å². The Labute approximate surface area is 117 Å². The summed E-state index contributed by atoms with van der Waals surface area (Å²) in [6.45, 7) is 1.96. The van der Waals surface area contributed by atoms with E-state index in [1.165, 1.54) is 0 Å². The van der Waals surface area contributed by atoms with Crippen LogP contribution in [0.1, 0.15) is 11.1 Å². The molecule has 19 heavy (non-hydrogen) atoms. The second kappa shape index (κ2) is 6.25. The number of anilines is 1. The largest absolute Gasteiger partial charge is 0.497 e. The second-order valence-electron chi connectivity index (χ2n) is 4.11. The Morgan fingerprint density at radius 3 is 2.79 bits per heavy atom. The lowest BCUT2D eigenvalue weighted by atomic mass is 10.2. The molecule has 0 fully saturated rings. The van der Waals surface area contributed by atoms with Gasteiger partial charge in [-0.25, -0.2) is 0 Å². The minimum atomic E-state index is 0.724. The average molecular weight is 275 g/mol. The minimum absolute atomic E-state index is 0.724. The van der Waals surface area contributed by atoms with E-state index >= 15 is 0 Å². The highest BCUT2D eigenvalue weighted by atomic mass is 35.5. The number of hydrazone groups is 1. The molecule has 2 rings (SSSR count). The Kier molecular flexibility index (Phi) is 4.42. The van der Waals surface area contributed by atoms with Crippen LogP contribution in [0.2, 0.25) is 5.02 Å². The fourth-order valence-electron chi connectivity index (χ4n) is 1.57. The van der Waals surface area contributed by atoms with Crippen LogP contribution in [0, 0.1) is 6.92 Å². The van der Waals surface area contributed by atoms with Gasteiger partial charge in [-0.3, -0.25) is 5.43 Å². The van der Waals surface area contributed by atoms with Gasteiger partial charge in [0.15, 0.2) is 0 Å². The van der Waals surface area contributed by atoms with Gasteiger partial charge in [0.1, 0.15) is 5.75 Å². The molecule has 0 radical (unpaired) electrons. The van der Waals surface area contributed by atoms with Crippen LogP contribution in [-0.2, 0) is 0 Å². The van der Waals surface area contributed by atoms with E-state index in [1.807, 2.05) is 49.4 Å². The summed E-state index contributed by atoms with van der Waals surface area (Å²) in [5.74, 6) is 0.808. The predicted octanol–water partition coefficient (Wildman–Crippen LogP) is 4.10. The first-order chi connectivity index (χ1) is 9.19. The van der Waals surface area contributed by atoms with Crippen LogP contribution in [0.3, 0.4) is 0 Å². The molecule has 3 nitrogen and oxygen atoms in total. The molecule has 0 aliphatic heterocycles. The van der Waals surface area contributed by atoms with Crippen LogP contribution in [0.15, 0.2) is 47.6 Å². The fraction of sp³-hybridized carbons (Fsp3) is 0.133. The van der Waals surface area contributed by atoms with Crippen LogP contribution < -0.4 is 10.2 Å². The van der Waals surface area contributed by atoms with E-state index in [4.69, 9.17) is 16.3 Å². The third-order valence-electron chi connectivity index (χ3n) is 2.67. The molecular formula is C15H15ClN2O. The van der Waals surface area contributed by atoms with Gasteiger partial charge < -0.3 is 4.74 Å². The molecule has 0 spiro atoms. The highest BCUT2D eigenvalue weighted by molar-refractivity contribution is 6.31. The van der Waals surface area contributed by atoms with Gasteiger partial charge in [-0.05, 0) is 42.3 Å². The van der Waals surface area contributed by atoms with Gasteiger partial charge in [-0.15, -0.1) is 0 Å². The number of hydrogen-bond donors (Lipinski definition) is 1. The average Bonchev–Trinajstić information content (AvgIpc) is 2.43. The van der Waals surface area contributed by atoms with Crippen LogP contribution >= 0.6 is 11.6 Å². The van der Waals surface area contributed by atoms with E-state index in [9.17, 15) is 0 Å². The van der Waals surface area contributed by atoms with E-state index in [0.29, 0.717) is 0 Å². The number of nitrogens with one attached hydrogen (secondary N) is 1. The van der Waals surface area contributed by atoms with Crippen molar-refractivity contribution in [3.05, 3.63) is 58.6 Å². The third kappa shape index (κ3) is 3.73. The summed E-state index contributed by atoms with van der Waals surface area (Å²) in [5, 5.41) is 4.89. The standard InChI is InChI=1S/C15H15ClN2O/c1-11-6-7-13(9-15(11)16)18-17-10-12-4-3-5-14(8-12)19-2/h3-10,18H,1-2H3/b17-10-. The van der Waals surface area contributed by atoms with E-state index in [-0.39, 0.29) is 0 Å². The van der Waals surface area contributed by atoms with Crippen molar-refractivity contribution in [3.63, 3.8) is 0 Å². The summed E-state index contributed by atoms with van der Waals surface area (Å²) >= 11 is 6.04. The van der Waals surface area contributed by atoms with Crippen molar-refractivity contribution in [2.45, 2.75) is 6.92 Å². The van der Waals surface area contributed by atoms with Gasteiger partial charge in [-0.1, -0.05) is 29.8 Å². The van der Waals surface area contributed by atoms with E-state index in [1.54, 1.807) is 13.3 Å². The minimum Gasteiger partial charge on any atom is -0.497 e. The molecule has 98 valence electrons. The molecule has 2 aromatic carbocycles. The van der Waals surface area contributed by atoms with Crippen LogP contribution in [0.4, 0.5) is 5.69 Å². The highest BCUT2D eigenvalue weighted by Gasteiger charge is 1.96. The van der Waals surface area contributed by atoms with Gasteiger partial charge in [0.05, 0.1) is 19.0 Å². The number of methoxy groups -OCH3 is 1. The lowest BCUT2D eigenvalue weighted by Gasteiger charge is -2.03. The molecule has 0 unspecified atom stereocenters. The van der Waals surface area contributed by atoms with Crippen molar-refractivity contribution in [2.75, 3.05) is 12.5 Å². The molecule has 0 atom stereocenters. The van der Waals surface area contributed by atoms with E-state index in [0.717, 1.165) is 27.6 Å². The van der Waals surface area contributed by atoms with Crippen molar-refractivity contribution in [1.82, 2.24) is 0 Å². The first-order valence-electron chi connectivity index (χ1n) is 5.88. The Morgan fingerprint density at radius 2 is 2.05 bits per heavy atom. The maximum Gasteiger partial charge on any atom is 0.119 e. The van der Waals surface area contributed by atoms with Crippen molar-refractivity contribution >= 4 is 23.5 Å². The lowest BCUT2D eigenvalue weighted by molar-refractivity contribution is 0.415. The summed E-state index contributed by atoms with van der Waals surface area (Å²) in [6, 6.07) is 13.4. The first-order valence-corrected chi connectivity index (χ1v) is 6.26. The summed E-state index contributed by atoms with van der Waals surface area (Å²) < 4.78 is 5.15. The maximum absolute atomic E-state index is 6.04. The highest BCUT2D eigenvalue weighted by Crippen LogP contribution is 2.19. The first kappa shape index (κ1) is 13.4. The van der Waals surface area contributed by atoms with Gasteiger partial charge >= 0.3 is 0 Å². The number of aryl methyl sites for hydroxylation is 1. The van der Waals surface area contributed by atoms with Crippen molar-refractivity contribution in [2.24, 2.45) is 5.10 Å². The number of ether oxygens (including phenoxy) is 1. The summed E-state index contributed by atoms with van der Waals surface area (Å²) in [7, 11) is 1.64. The Balaban J connectivity index is 2.04. The molecule has 0 aliphatic carbocycles. The molecule has 1 N–H and O–H groups in total. The summed E-state index contributed by atoms with van der Waals surface area (Å²) in [6.07, 6.45) is 1.73. The summed E-state index contributed by atoms with van der Waals surface area (Å²) in [4.78, 5) is 0. The topological polar surface area (TPSA) is 33.6 Å². The van der Waals surface area contributed by atoms with Crippen molar-refractivity contribution in [1.29, 1.82) is 0 Å².